The number of rotatable bonds is 3. The minimum Gasteiger partial charge on any atom is -0.299 e. The van der Waals surface area contributed by atoms with Gasteiger partial charge >= 0.3 is 0 Å². The average molecular weight is 469 g/mol. The van der Waals surface area contributed by atoms with Crippen molar-refractivity contribution in [1.29, 1.82) is 0 Å². The first kappa shape index (κ1) is 24.8. The van der Waals surface area contributed by atoms with Crippen LogP contribution in [-0.2, 0) is 19.2 Å². The molecule has 2 aromatic carbocycles. The predicted molar refractivity (Wildman–Crippen MR) is 135 cm³/mol. The third-order valence-electron chi connectivity index (χ3n) is 7.14. The molecule has 35 heavy (non-hydrogen) atoms. The van der Waals surface area contributed by atoms with Gasteiger partial charge in [-0.25, -0.2) is 0 Å². The molecule has 2 aromatic rings. The molecule has 2 aliphatic carbocycles. The second-order valence-corrected chi connectivity index (χ2v) is 11.6. The fourth-order valence-corrected chi connectivity index (χ4v) is 5.64. The van der Waals surface area contributed by atoms with Crippen LogP contribution in [0.1, 0.15) is 76.0 Å². The fraction of sp³-hybridized carbons (Fsp3) is 0.419. The normalized spacial score (nSPS) is 20.6. The number of benzene rings is 2. The highest BCUT2D eigenvalue weighted by Crippen LogP contribution is 2.47. The number of ketones is 4. The summed E-state index contributed by atoms with van der Waals surface area (Å²) in [7, 11) is 0. The van der Waals surface area contributed by atoms with Gasteiger partial charge in [-0.05, 0) is 40.7 Å². The quantitative estimate of drug-likeness (QED) is 0.452. The molecule has 0 unspecified atom stereocenters. The van der Waals surface area contributed by atoms with Crippen LogP contribution < -0.4 is 0 Å². The number of Topliss-reactive ketones (excluding diaryl/α,β-unsaturated/α-hetero) is 4. The molecule has 2 fully saturated rings. The standard InChI is InChI=1S/C31H32O4/c1-30(2)16-23(32)28(24(33)17-30)27(29-25(34)18-31(3,4)19-26(29)35)22-14-12-21(13-15-22)11-10-20-8-6-5-7-9-20/h5-9,12-15,27-29H,16-19H2,1-4H3. The van der Waals surface area contributed by atoms with Crippen LogP contribution in [0.3, 0.4) is 0 Å². The van der Waals surface area contributed by atoms with Gasteiger partial charge in [0.2, 0.25) is 0 Å². The predicted octanol–water partition coefficient (Wildman–Crippen LogP) is 5.32. The van der Waals surface area contributed by atoms with Crippen LogP contribution in [-0.4, -0.2) is 23.1 Å². The Bertz CT molecular complexity index is 1130. The Morgan fingerprint density at radius 1 is 0.600 bits per heavy atom. The Labute approximate surface area is 207 Å². The second-order valence-electron chi connectivity index (χ2n) is 11.6. The van der Waals surface area contributed by atoms with E-state index in [0.717, 1.165) is 11.1 Å². The van der Waals surface area contributed by atoms with E-state index in [1.165, 1.54) is 0 Å². The van der Waals surface area contributed by atoms with Gasteiger partial charge in [0.15, 0.2) is 0 Å². The van der Waals surface area contributed by atoms with E-state index in [1.54, 1.807) is 0 Å². The Hall–Kier alpha value is -3.32. The molecular weight excluding hydrogens is 436 g/mol. The summed E-state index contributed by atoms with van der Waals surface area (Å²) >= 11 is 0. The SMILES string of the molecule is CC1(C)CC(=O)C(C(c2ccc(C#Cc3ccccc3)cc2)C2C(=O)CC(C)(C)CC2=O)C(=O)C1. The molecule has 180 valence electrons. The van der Waals surface area contributed by atoms with Crippen molar-refractivity contribution in [3.05, 3.63) is 71.3 Å². The average Bonchev–Trinajstić information content (AvgIpc) is 2.75. The zero-order valence-corrected chi connectivity index (χ0v) is 20.9. The highest BCUT2D eigenvalue weighted by molar-refractivity contribution is 6.11. The zero-order chi connectivity index (χ0) is 25.4. The first-order valence-corrected chi connectivity index (χ1v) is 12.2. The highest BCUT2D eigenvalue weighted by Gasteiger charge is 2.52. The Morgan fingerprint density at radius 3 is 1.37 bits per heavy atom. The molecule has 2 saturated carbocycles. The van der Waals surface area contributed by atoms with E-state index in [1.807, 2.05) is 82.3 Å². The minimum atomic E-state index is -0.969. The largest absolute Gasteiger partial charge is 0.299 e. The van der Waals surface area contributed by atoms with Crippen LogP contribution in [0.5, 0.6) is 0 Å². The number of hydrogen-bond donors (Lipinski definition) is 0. The van der Waals surface area contributed by atoms with Gasteiger partial charge in [-0.15, -0.1) is 0 Å². The molecule has 0 radical (unpaired) electrons. The van der Waals surface area contributed by atoms with E-state index in [4.69, 9.17) is 0 Å². The summed E-state index contributed by atoms with van der Waals surface area (Å²) < 4.78 is 0. The molecule has 0 atom stereocenters. The fourth-order valence-electron chi connectivity index (χ4n) is 5.64. The molecule has 0 aromatic heterocycles. The van der Waals surface area contributed by atoms with Gasteiger partial charge < -0.3 is 0 Å². The molecule has 0 aliphatic heterocycles. The van der Waals surface area contributed by atoms with E-state index in [-0.39, 0.29) is 48.8 Å². The molecule has 2 aliphatic rings. The van der Waals surface area contributed by atoms with Crippen LogP contribution in [0, 0.1) is 34.5 Å². The molecule has 0 bridgehead atoms. The first-order chi connectivity index (χ1) is 16.5. The monoisotopic (exact) mass is 468 g/mol. The lowest BCUT2D eigenvalue weighted by molar-refractivity contribution is -0.145. The second kappa shape index (κ2) is 9.38. The Morgan fingerprint density at radius 2 is 0.971 bits per heavy atom. The first-order valence-electron chi connectivity index (χ1n) is 12.2. The van der Waals surface area contributed by atoms with Gasteiger partial charge in [0.25, 0.3) is 0 Å². The molecule has 0 amide bonds. The number of hydrogen-bond acceptors (Lipinski definition) is 4. The lowest BCUT2D eigenvalue weighted by Gasteiger charge is -2.41. The highest BCUT2D eigenvalue weighted by atomic mass is 16.2. The van der Waals surface area contributed by atoms with Gasteiger partial charge in [-0.2, -0.15) is 0 Å². The summed E-state index contributed by atoms with van der Waals surface area (Å²) in [4.78, 5) is 53.1. The lowest BCUT2D eigenvalue weighted by Crippen LogP contribution is -2.48. The van der Waals surface area contributed by atoms with Crippen LogP contribution in [0.2, 0.25) is 0 Å². The smallest absolute Gasteiger partial charge is 0.144 e. The Kier molecular flexibility index (Phi) is 6.64. The number of carbonyl (C=O) groups is 4. The summed E-state index contributed by atoms with van der Waals surface area (Å²) in [5.41, 5.74) is 1.54. The van der Waals surface area contributed by atoms with Crippen molar-refractivity contribution < 1.29 is 19.2 Å². The van der Waals surface area contributed by atoms with Crippen molar-refractivity contribution in [2.45, 2.75) is 59.3 Å². The van der Waals surface area contributed by atoms with Gasteiger partial charge in [0.1, 0.15) is 23.1 Å². The van der Waals surface area contributed by atoms with Gasteiger partial charge in [0, 0.05) is 42.7 Å². The van der Waals surface area contributed by atoms with Crippen LogP contribution in [0.15, 0.2) is 54.6 Å². The van der Waals surface area contributed by atoms with Gasteiger partial charge in [-0.3, -0.25) is 19.2 Å². The van der Waals surface area contributed by atoms with Crippen molar-refractivity contribution in [2.24, 2.45) is 22.7 Å². The summed E-state index contributed by atoms with van der Waals surface area (Å²) in [6, 6.07) is 17.0. The van der Waals surface area contributed by atoms with E-state index >= 15 is 0 Å². The molecule has 0 N–H and O–H groups in total. The van der Waals surface area contributed by atoms with E-state index in [9.17, 15) is 19.2 Å². The maximum absolute atomic E-state index is 13.3. The van der Waals surface area contributed by atoms with Crippen LogP contribution in [0.25, 0.3) is 0 Å². The lowest BCUT2D eigenvalue weighted by atomic mass is 9.59. The van der Waals surface area contributed by atoms with Crippen LogP contribution >= 0.6 is 0 Å². The summed E-state index contributed by atoms with van der Waals surface area (Å²) in [5, 5.41) is 0. The van der Waals surface area contributed by atoms with Crippen molar-refractivity contribution in [2.75, 3.05) is 0 Å². The third-order valence-corrected chi connectivity index (χ3v) is 7.14. The van der Waals surface area contributed by atoms with Crippen molar-refractivity contribution >= 4 is 23.1 Å². The van der Waals surface area contributed by atoms with Crippen molar-refractivity contribution in [3.8, 4) is 11.8 Å². The molecule has 4 rings (SSSR count). The molecule has 4 heteroatoms. The van der Waals surface area contributed by atoms with E-state index in [0.29, 0.717) is 5.56 Å². The maximum Gasteiger partial charge on any atom is 0.144 e. The minimum absolute atomic E-state index is 0.172. The topological polar surface area (TPSA) is 68.3 Å². The number of carbonyl (C=O) groups excluding carboxylic acids is 4. The Balaban J connectivity index is 1.72. The van der Waals surface area contributed by atoms with Crippen LogP contribution in [0.4, 0.5) is 0 Å². The molecular formula is C31H32O4. The summed E-state index contributed by atoms with van der Waals surface area (Å²) in [6.45, 7) is 7.64. The molecule has 0 spiro atoms. The van der Waals surface area contributed by atoms with Crippen molar-refractivity contribution in [1.82, 2.24) is 0 Å². The third kappa shape index (κ3) is 5.51. The van der Waals surface area contributed by atoms with Gasteiger partial charge in [0.05, 0.1) is 11.8 Å². The maximum atomic E-state index is 13.3. The van der Waals surface area contributed by atoms with Crippen molar-refractivity contribution in [3.63, 3.8) is 0 Å². The van der Waals surface area contributed by atoms with Gasteiger partial charge in [-0.1, -0.05) is 69.9 Å². The molecule has 0 heterocycles. The van der Waals surface area contributed by atoms with E-state index in [2.05, 4.69) is 11.8 Å². The molecule has 0 saturated heterocycles. The molecule has 4 nitrogen and oxygen atoms in total. The summed E-state index contributed by atoms with van der Waals surface area (Å²) in [5.74, 6) is 2.85. The zero-order valence-electron chi connectivity index (χ0n) is 20.9. The van der Waals surface area contributed by atoms with E-state index < -0.39 is 28.6 Å². The summed E-state index contributed by atoms with van der Waals surface area (Å²) in [6.07, 6.45) is 1.06.